The Labute approximate surface area is 188 Å². The predicted molar refractivity (Wildman–Crippen MR) is 126 cm³/mol. The summed E-state index contributed by atoms with van der Waals surface area (Å²) in [7, 11) is 1.63. The van der Waals surface area contributed by atoms with Crippen LogP contribution in [0, 0.1) is 0 Å². The zero-order valence-corrected chi connectivity index (χ0v) is 18.9. The van der Waals surface area contributed by atoms with Crippen molar-refractivity contribution in [2.24, 2.45) is 0 Å². The van der Waals surface area contributed by atoms with Gasteiger partial charge in [-0.3, -0.25) is 4.90 Å². The first-order chi connectivity index (χ1) is 15.4. The number of aromatic carboxylic acids is 1. The number of fused-ring (bicyclic) bond motifs is 2. The van der Waals surface area contributed by atoms with Crippen molar-refractivity contribution in [1.82, 2.24) is 9.88 Å². The van der Waals surface area contributed by atoms with Crippen LogP contribution in [0.5, 0.6) is 11.5 Å². The van der Waals surface area contributed by atoms with Crippen molar-refractivity contribution in [3.8, 4) is 11.5 Å². The Bertz CT molecular complexity index is 1200. The van der Waals surface area contributed by atoms with Crippen molar-refractivity contribution >= 4 is 28.5 Å². The Morgan fingerprint density at radius 1 is 1.19 bits per heavy atom. The average molecular weight is 433 g/mol. The molecule has 0 unspecified atom stereocenters. The predicted octanol–water partition coefficient (Wildman–Crippen LogP) is 5.10. The molecule has 6 nitrogen and oxygen atoms in total. The Morgan fingerprint density at radius 3 is 2.66 bits per heavy atom. The minimum Gasteiger partial charge on any atom is -0.493 e. The van der Waals surface area contributed by atoms with E-state index in [2.05, 4.69) is 11.8 Å². The molecule has 0 fully saturated rings. The van der Waals surface area contributed by atoms with E-state index in [0.717, 1.165) is 28.9 Å². The molecule has 1 aliphatic heterocycles. The molecule has 3 aromatic rings. The Kier molecular flexibility index (Phi) is 6.15. The van der Waals surface area contributed by atoms with Crippen LogP contribution in [-0.2, 0) is 6.54 Å². The van der Waals surface area contributed by atoms with Gasteiger partial charge in [-0.05, 0) is 44.2 Å². The Morgan fingerprint density at radius 2 is 1.97 bits per heavy atom. The van der Waals surface area contributed by atoms with Gasteiger partial charge >= 0.3 is 5.97 Å². The van der Waals surface area contributed by atoms with E-state index < -0.39 is 5.97 Å². The first kappa shape index (κ1) is 21.8. The van der Waals surface area contributed by atoms with Crippen LogP contribution in [0.4, 0.5) is 0 Å². The summed E-state index contributed by atoms with van der Waals surface area (Å²) in [6.07, 6.45) is 2.03. The molecule has 1 N–H and O–H groups in total. The summed E-state index contributed by atoms with van der Waals surface area (Å²) in [6, 6.07) is 13.2. The molecule has 4 rings (SSSR count). The molecule has 0 saturated carbocycles. The maximum atomic E-state index is 12.3. The number of benzene rings is 2. The van der Waals surface area contributed by atoms with E-state index >= 15 is 0 Å². The number of rotatable bonds is 6. The van der Waals surface area contributed by atoms with Crippen LogP contribution in [0.15, 0.2) is 42.5 Å². The SMILES string of the molecule is CCN1C/C(=C\c2cccc(OC)c2OC(C)C)c2nc3ccccc3c(C(=O)O)c2C1. The number of methoxy groups -OCH3 is 1. The highest BCUT2D eigenvalue weighted by atomic mass is 16.5. The second-order valence-corrected chi connectivity index (χ2v) is 8.15. The smallest absolute Gasteiger partial charge is 0.336 e. The van der Waals surface area contributed by atoms with Gasteiger partial charge in [0.15, 0.2) is 11.5 Å². The van der Waals surface area contributed by atoms with E-state index in [1.165, 1.54) is 0 Å². The van der Waals surface area contributed by atoms with Crippen LogP contribution in [0.2, 0.25) is 0 Å². The van der Waals surface area contributed by atoms with Gasteiger partial charge in [0, 0.05) is 29.6 Å². The number of carboxylic acid groups (broad SMARTS) is 1. The molecule has 2 heterocycles. The van der Waals surface area contributed by atoms with Gasteiger partial charge in [-0.1, -0.05) is 37.3 Å². The fourth-order valence-corrected chi connectivity index (χ4v) is 4.20. The first-order valence-electron chi connectivity index (χ1n) is 10.8. The minimum absolute atomic E-state index is 0.0186. The maximum Gasteiger partial charge on any atom is 0.336 e. The van der Waals surface area contributed by atoms with E-state index in [9.17, 15) is 9.90 Å². The highest BCUT2D eigenvalue weighted by Gasteiger charge is 2.28. The summed E-state index contributed by atoms with van der Waals surface area (Å²) in [5.74, 6) is 0.406. The minimum atomic E-state index is -0.928. The van der Waals surface area contributed by atoms with Crippen molar-refractivity contribution in [1.29, 1.82) is 0 Å². The third-order valence-corrected chi connectivity index (χ3v) is 5.65. The maximum absolute atomic E-state index is 12.3. The van der Waals surface area contributed by atoms with Crippen LogP contribution in [0.3, 0.4) is 0 Å². The number of carbonyl (C=O) groups is 1. The van der Waals surface area contributed by atoms with Gasteiger partial charge in [-0.2, -0.15) is 0 Å². The molecule has 166 valence electrons. The van der Waals surface area contributed by atoms with Crippen molar-refractivity contribution < 1.29 is 19.4 Å². The number of hydrogen-bond donors (Lipinski definition) is 1. The second-order valence-electron chi connectivity index (χ2n) is 8.15. The quantitative estimate of drug-likeness (QED) is 0.584. The largest absolute Gasteiger partial charge is 0.493 e. The van der Waals surface area contributed by atoms with E-state index in [-0.39, 0.29) is 6.10 Å². The number of ether oxygens (including phenoxy) is 2. The van der Waals surface area contributed by atoms with Gasteiger partial charge in [0.25, 0.3) is 0 Å². The fourth-order valence-electron chi connectivity index (χ4n) is 4.20. The number of aromatic nitrogens is 1. The molecule has 0 atom stereocenters. The van der Waals surface area contributed by atoms with Crippen LogP contribution < -0.4 is 9.47 Å². The molecule has 0 saturated heterocycles. The molecule has 0 radical (unpaired) electrons. The Hall–Kier alpha value is -3.38. The van der Waals surface area contributed by atoms with E-state index in [1.54, 1.807) is 7.11 Å². The summed E-state index contributed by atoms with van der Waals surface area (Å²) in [5, 5.41) is 10.8. The molecule has 0 aliphatic carbocycles. The number of carboxylic acids is 1. The highest BCUT2D eigenvalue weighted by Crippen LogP contribution is 2.38. The monoisotopic (exact) mass is 432 g/mol. The number of nitrogens with zero attached hydrogens (tertiary/aromatic N) is 2. The summed E-state index contributed by atoms with van der Waals surface area (Å²) in [5.41, 5.74) is 4.35. The standard InChI is InChI=1S/C26H28N2O4/c1-5-28-14-18(13-17-9-8-12-22(31-4)25(17)32-16(2)3)24-20(15-28)23(26(29)30)19-10-6-7-11-21(19)27-24/h6-13,16H,5,14-15H2,1-4H3,(H,29,30)/b18-13+. The van der Waals surface area contributed by atoms with E-state index in [4.69, 9.17) is 14.5 Å². The van der Waals surface area contributed by atoms with Gasteiger partial charge in [-0.25, -0.2) is 9.78 Å². The van der Waals surface area contributed by atoms with Crippen molar-refractivity contribution in [2.75, 3.05) is 20.2 Å². The topological polar surface area (TPSA) is 71.9 Å². The van der Waals surface area contributed by atoms with Crippen LogP contribution in [-0.4, -0.2) is 47.3 Å². The summed E-state index contributed by atoms with van der Waals surface area (Å²) >= 11 is 0. The second kappa shape index (κ2) is 9.01. The Balaban J connectivity index is 1.97. The van der Waals surface area contributed by atoms with E-state index in [1.807, 2.05) is 62.4 Å². The molecule has 2 aromatic carbocycles. The van der Waals surface area contributed by atoms with E-state index in [0.29, 0.717) is 41.1 Å². The molecule has 1 aromatic heterocycles. The molecule has 6 heteroatoms. The van der Waals surface area contributed by atoms with Crippen molar-refractivity contribution in [3.63, 3.8) is 0 Å². The zero-order chi connectivity index (χ0) is 22.8. The average Bonchev–Trinajstić information content (AvgIpc) is 2.78. The third-order valence-electron chi connectivity index (χ3n) is 5.65. The molecule has 1 aliphatic rings. The number of para-hydroxylation sites is 2. The van der Waals surface area contributed by atoms with Gasteiger partial charge in [0.1, 0.15) is 0 Å². The fraction of sp³-hybridized carbons (Fsp3) is 0.308. The summed E-state index contributed by atoms with van der Waals surface area (Å²) < 4.78 is 11.6. The van der Waals surface area contributed by atoms with Crippen molar-refractivity contribution in [3.05, 3.63) is 64.8 Å². The van der Waals surface area contributed by atoms with Crippen LogP contribution >= 0.6 is 0 Å². The first-order valence-corrected chi connectivity index (χ1v) is 10.8. The molecular weight excluding hydrogens is 404 g/mol. The normalized spacial score (nSPS) is 15.2. The lowest BCUT2D eigenvalue weighted by Crippen LogP contribution is -2.31. The van der Waals surface area contributed by atoms with Gasteiger partial charge < -0.3 is 14.6 Å². The van der Waals surface area contributed by atoms with Crippen LogP contribution in [0.25, 0.3) is 22.6 Å². The lowest BCUT2D eigenvalue weighted by atomic mass is 9.92. The van der Waals surface area contributed by atoms with Crippen molar-refractivity contribution in [2.45, 2.75) is 33.4 Å². The lowest BCUT2D eigenvalue weighted by Gasteiger charge is -2.30. The van der Waals surface area contributed by atoms with Gasteiger partial charge in [0.05, 0.1) is 30.0 Å². The molecular formula is C26H28N2O4. The number of likely N-dealkylation sites (N-methyl/N-ethyl adjacent to an activating group) is 1. The van der Waals surface area contributed by atoms with Gasteiger partial charge in [0.2, 0.25) is 0 Å². The molecule has 0 amide bonds. The molecule has 0 bridgehead atoms. The highest BCUT2D eigenvalue weighted by molar-refractivity contribution is 6.06. The summed E-state index contributed by atoms with van der Waals surface area (Å²) in [6.45, 7) is 8.06. The van der Waals surface area contributed by atoms with Gasteiger partial charge in [-0.15, -0.1) is 0 Å². The molecule has 0 spiro atoms. The lowest BCUT2D eigenvalue weighted by molar-refractivity contribution is 0.0696. The molecule has 32 heavy (non-hydrogen) atoms. The number of pyridine rings is 1. The number of hydrogen-bond acceptors (Lipinski definition) is 5. The van der Waals surface area contributed by atoms with Crippen LogP contribution in [0.1, 0.15) is 48.0 Å². The summed E-state index contributed by atoms with van der Waals surface area (Å²) in [4.78, 5) is 19.4. The zero-order valence-electron chi connectivity index (χ0n) is 18.9. The third kappa shape index (κ3) is 4.06.